The molecule has 1 aliphatic rings. The molecule has 0 saturated heterocycles. The minimum absolute atomic E-state index is 0.0472. The van der Waals surface area contributed by atoms with E-state index in [1.54, 1.807) is 19.2 Å². The molecule has 0 bridgehead atoms. The summed E-state index contributed by atoms with van der Waals surface area (Å²) in [6.07, 6.45) is 4.76. The lowest BCUT2D eigenvalue weighted by Gasteiger charge is -2.27. The largest absolute Gasteiger partial charge is 0.497 e. The van der Waals surface area contributed by atoms with Crippen LogP contribution in [-0.4, -0.2) is 24.3 Å². The van der Waals surface area contributed by atoms with Gasteiger partial charge in [-0.15, -0.1) is 0 Å². The second kappa shape index (κ2) is 6.50. The van der Waals surface area contributed by atoms with Gasteiger partial charge < -0.3 is 20.4 Å². The molecule has 0 radical (unpaired) electrons. The SMILES string of the molecule is COc1cc(OC2CCC(C)CC2)cc(/C(N)=N/O)c1. The topological polar surface area (TPSA) is 77.1 Å². The molecule has 1 aromatic rings. The zero-order chi connectivity index (χ0) is 14.5. The number of benzene rings is 1. The summed E-state index contributed by atoms with van der Waals surface area (Å²) in [5.41, 5.74) is 6.22. The Morgan fingerprint density at radius 2 is 1.85 bits per heavy atom. The number of hydrogen-bond acceptors (Lipinski definition) is 4. The minimum Gasteiger partial charge on any atom is -0.497 e. The van der Waals surface area contributed by atoms with E-state index in [1.807, 2.05) is 6.07 Å². The standard InChI is InChI=1S/C15H22N2O3/c1-10-3-5-12(6-4-10)20-14-8-11(15(16)17-18)7-13(9-14)19-2/h7-10,12,18H,3-6H2,1-2H3,(H2,16,17). The molecule has 1 fully saturated rings. The Kier molecular flexibility index (Phi) is 4.71. The van der Waals surface area contributed by atoms with Crippen LogP contribution in [0.25, 0.3) is 0 Å². The first-order valence-electron chi connectivity index (χ1n) is 6.96. The molecule has 110 valence electrons. The van der Waals surface area contributed by atoms with E-state index in [0.29, 0.717) is 17.1 Å². The van der Waals surface area contributed by atoms with Crippen molar-refractivity contribution in [3.05, 3.63) is 23.8 Å². The van der Waals surface area contributed by atoms with Gasteiger partial charge in [0.25, 0.3) is 0 Å². The fraction of sp³-hybridized carbons (Fsp3) is 0.533. The van der Waals surface area contributed by atoms with Crippen molar-refractivity contribution in [1.29, 1.82) is 0 Å². The Hall–Kier alpha value is -1.91. The summed E-state index contributed by atoms with van der Waals surface area (Å²) in [6.45, 7) is 2.28. The van der Waals surface area contributed by atoms with Gasteiger partial charge in [0.1, 0.15) is 11.5 Å². The summed E-state index contributed by atoms with van der Waals surface area (Å²) in [7, 11) is 1.58. The minimum atomic E-state index is 0.0472. The summed E-state index contributed by atoms with van der Waals surface area (Å²) >= 11 is 0. The number of rotatable bonds is 4. The van der Waals surface area contributed by atoms with Gasteiger partial charge in [-0.2, -0.15) is 0 Å². The average molecular weight is 278 g/mol. The van der Waals surface area contributed by atoms with Gasteiger partial charge in [0.05, 0.1) is 13.2 Å². The van der Waals surface area contributed by atoms with Gasteiger partial charge >= 0.3 is 0 Å². The van der Waals surface area contributed by atoms with Crippen LogP contribution in [0.3, 0.4) is 0 Å². The van der Waals surface area contributed by atoms with Gasteiger partial charge in [0, 0.05) is 11.6 Å². The van der Waals surface area contributed by atoms with E-state index in [9.17, 15) is 0 Å². The number of methoxy groups -OCH3 is 1. The van der Waals surface area contributed by atoms with Crippen molar-refractivity contribution in [1.82, 2.24) is 0 Å². The first-order chi connectivity index (χ1) is 9.62. The quantitative estimate of drug-likeness (QED) is 0.384. The smallest absolute Gasteiger partial charge is 0.170 e. The molecule has 0 spiro atoms. The highest BCUT2D eigenvalue weighted by Gasteiger charge is 2.20. The fourth-order valence-corrected chi connectivity index (χ4v) is 2.50. The van der Waals surface area contributed by atoms with Crippen molar-refractivity contribution in [2.45, 2.75) is 38.7 Å². The van der Waals surface area contributed by atoms with E-state index in [0.717, 1.165) is 18.8 Å². The maximum atomic E-state index is 8.77. The fourth-order valence-electron chi connectivity index (χ4n) is 2.50. The maximum absolute atomic E-state index is 8.77. The second-order valence-corrected chi connectivity index (χ2v) is 5.38. The third-order valence-electron chi connectivity index (χ3n) is 3.78. The highest BCUT2D eigenvalue weighted by Crippen LogP contribution is 2.29. The molecule has 5 nitrogen and oxygen atoms in total. The summed E-state index contributed by atoms with van der Waals surface area (Å²) in [5.74, 6) is 2.16. The van der Waals surface area contributed by atoms with Crippen LogP contribution in [-0.2, 0) is 0 Å². The van der Waals surface area contributed by atoms with E-state index in [4.69, 9.17) is 20.4 Å². The van der Waals surface area contributed by atoms with Crippen molar-refractivity contribution in [2.75, 3.05) is 7.11 Å². The first-order valence-corrected chi connectivity index (χ1v) is 6.96. The molecular formula is C15H22N2O3. The van der Waals surface area contributed by atoms with Gasteiger partial charge in [-0.05, 0) is 43.7 Å². The van der Waals surface area contributed by atoms with Gasteiger partial charge in [-0.25, -0.2) is 0 Å². The van der Waals surface area contributed by atoms with Crippen LogP contribution in [0, 0.1) is 5.92 Å². The first kappa shape index (κ1) is 14.5. The molecule has 0 aromatic heterocycles. The van der Waals surface area contributed by atoms with Crippen LogP contribution in [0.5, 0.6) is 11.5 Å². The van der Waals surface area contributed by atoms with E-state index in [1.165, 1.54) is 12.8 Å². The summed E-state index contributed by atoms with van der Waals surface area (Å²) in [4.78, 5) is 0. The van der Waals surface area contributed by atoms with Crippen LogP contribution >= 0.6 is 0 Å². The van der Waals surface area contributed by atoms with Crippen LogP contribution < -0.4 is 15.2 Å². The van der Waals surface area contributed by atoms with Crippen molar-refractivity contribution in [3.8, 4) is 11.5 Å². The maximum Gasteiger partial charge on any atom is 0.170 e. The predicted octanol–water partition coefficient (Wildman–Crippen LogP) is 2.75. The molecule has 0 aliphatic heterocycles. The summed E-state index contributed by atoms with van der Waals surface area (Å²) < 4.78 is 11.2. The normalized spacial score (nSPS) is 23.4. The van der Waals surface area contributed by atoms with Crippen LogP contribution in [0.1, 0.15) is 38.2 Å². The highest BCUT2D eigenvalue weighted by atomic mass is 16.5. The molecule has 20 heavy (non-hydrogen) atoms. The molecule has 1 aromatic carbocycles. The Balaban J connectivity index is 2.14. The number of amidine groups is 1. The zero-order valence-electron chi connectivity index (χ0n) is 12.0. The molecule has 5 heteroatoms. The van der Waals surface area contributed by atoms with Gasteiger partial charge in [0.15, 0.2) is 5.84 Å². The molecule has 2 rings (SSSR count). The molecule has 0 atom stereocenters. The van der Waals surface area contributed by atoms with Crippen molar-refractivity contribution in [2.24, 2.45) is 16.8 Å². The highest BCUT2D eigenvalue weighted by molar-refractivity contribution is 5.97. The Morgan fingerprint density at radius 3 is 2.45 bits per heavy atom. The summed E-state index contributed by atoms with van der Waals surface area (Å²) in [6, 6.07) is 5.31. The lowest BCUT2D eigenvalue weighted by molar-refractivity contribution is 0.135. The number of oxime groups is 1. The Morgan fingerprint density at radius 1 is 1.20 bits per heavy atom. The molecule has 0 unspecified atom stereocenters. The van der Waals surface area contributed by atoms with Crippen LogP contribution in [0.2, 0.25) is 0 Å². The number of ether oxygens (including phenoxy) is 2. The second-order valence-electron chi connectivity index (χ2n) is 5.38. The molecule has 0 heterocycles. The lowest BCUT2D eigenvalue weighted by Crippen LogP contribution is -2.23. The lowest BCUT2D eigenvalue weighted by atomic mass is 9.89. The van der Waals surface area contributed by atoms with E-state index in [-0.39, 0.29) is 11.9 Å². The molecule has 0 amide bonds. The number of nitrogens with zero attached hydrogens (tertiary/aromatic N) is 1. The van der Waals surface area contributed by atoms with E-state index < -0.39 is 0 Å². The van der Waals surface area contributed by atoms with Crippen LogP contribution in [0.4, 0.5) is 0 Å². The van der Waals surface area contributed by atoms with Crippen molar-refractivity contribution in [3.63, 3.8) is 0 Å². The predicted molar refractivity (Wildman–Crippen MR) is 77.6 cm³/mol. The van der Waals surface area contributed by atoms with Gasteiger partial charge in [-0.3, -0.25) is 0 Å². The Bertz CT molecular complexity index is 480. The molecule has 3 N–H and O–H groups in total. The van der Waals surface area contributed by atoms with Crippen molar-refractivity contribution < 1.29 is 14.7 Å². The third kappa shape index (κ3) is 3.56. The summed E-state index contributed by atoms with van der Waals surface area (Å²) in [5, 5.41) is 11.8. The zero-order valence-corrected chi connectivity index (χ0v) is 12.0. The van der Waals surface area contributed by atoms with Crippen molar-refractivity contribution >= 4 is 5.84 Å². The molecule has 1 saturated carbocycles. The molecule has 1 aliphatic carbocycles. The molecular weight excluding hydrogens is 256 g/mol. The third-order valence-corrected chi connectivity index (χ3v) is 3.78. The van der Waals surface area contributed by atoms with Gasteiger partial charge in [-0.1, -0.05) is 12.1 Å². The number of hydrogen-bond donors (Lipinski definition) is 2. The van der Waals surface area contributed by atoms with E-state index >= 15 is 0 Å². The monoisotopic (exact) mass is 278 g/mol. The Labute approximate surface area is 119 Å². The number of nitrogens with two attached hydrogens (primary N) is 1. The van der Waals surface area contributed by atoms with Crippen LogP contribution in [0.15, 0.2) is 23.4 Å². The van der Waals surface area contributed by atoms with Gasteiger partial charge in [0.2, 0.25) is 0 Å². The average Bonchev–Trinajstić information content (AvgIpc) is 2.48. The van der Waals surface area contributed by atoms with E-state index in [2.05, 4.69) is 12.1 Å².